The van der Waals surface area contributed by atoms with Gasteiger partial charge in [-0.15, -0.1) is 0 Å². The average molecular weight is 415 g/mol. The van der Waals surface area contributed by atoms with Crippen molar-refractivity contribution in [2.24, 2.45) is 0 Å². The zero-order valence-corrected chi connectivity index (χ0v) is 14.0. The average Bonchev–Trinajstić information content (AvgIpc) is 2.92. The van der Waals surface area contributed by atoms with Crippen LogP contribution in [-0.2, 0) is 12.7 Å². The maximum Gasteiger partial charge on any atom is 0.416 e. The molecular weight excluding hydrogens is 405 g/mol. The first kappa shape index (κ1) is 17.2. The molecule has 0 aliphatic carbocycles. The standard InChI is InChI=1S/C15H10BrF3N4O2/c16-10-4-12-13(21-7-22-23(12)6-10)8-1-2-9(5-20-14(24)25)11(3-8)15(17,18)19/h1-4,6-7,20H,5H2,(H,24,25). The molecule has 2 aromatic heterocycles. The SMILES string of the molecule is O=C(O)NCc1ccc(-c2ncnn3cc(Br)cc23)cc1C(F)(F)F. The van der Waals surface area contributed by atoms with Crippen LogP contribution < -0.4 is 5.32 Å². The normalized spacial score (nSPS) is 11.7. The molecule has 130 valence electrons. The number of carbonyl (C=O) groups is 1. The Kier molecular flexibility index (Phi) is 4.38. The van der Waals surface area contributed by atoms with Crippen molar-refractivity contribution >= 4 is 27.5 Å². The van der Waals surface area contributed by atoms with Crippen LogP contribution in [0.4, 0.5) is 18.0 Å². The number of alkyl halides is 3. The number of hydrogen-bond donors (Lipinski definition) is 2. The van der Waals surface area contributed by atoms with E-state index >= 15 is 0 Å². The van der Waals surface area contributed by atoms with Crippen molar-refractivity contribution in [2.75, 3.05) is 0 Å². The zero-order valence-electron chi connectivity index (χ0n) is 12.4. The number of amides is 1. The summed E-state index contributed by atoms with van der Waals surface area (Å²) < 4.78 is 42.3. The Bertz CT molecular complexity index is 956. The molecule has 0 unspecified atom stereocenters. The fourth-order valence-corrected chi connectivity index (χ4v) is 2.84. The van der Waals surface area contributed by atoms with Gasteiger partial charge in [0.25, 0.3) is 0 Å². The van der Waals surface area contributed by atoms with E-state index in [0.29, 0.717) is 15.7 Å². The Morgan fingerprint density at radius 1 is 1.32 bits per heavy atom. The van der Waals surface area contributed by atoms with Crippen LogP contribution in [0.3, 0.4) is 0 Å². The molecule has 0 aliphatic rings. The lowest BCUT2D eigenvalue weighted by molar-refractivity contribution is -0.138. The quantitative estimate of drug-likeness (QED) is 0.679. The highest BCUT2D eigenvalue weighted by Gasteiger charge is 2.34. The summed E-state index contributed by atoms with van der Waals surface area (Å²) in [5, 5.41) is 14.6. The minimum absolute atomic E-state index is 0.166. The van der Waals surface area contributed by atoms with Crippen LogP contribution in [0, 0.1) is 0 Å². The molecule has 2 heterocycles. The molecule has 0 aliphatic heterocycles. The number of fused-ring (bicyclic) bond motifs is 1. The first-order chi connectivity index (χ1) is 11.8. The number of nitrogens with one attached hydrogen (secondary N) is 1. The number of halogens is 4. The molecule has 1 amide bonds. The van der Waals surface area contributed by atoms with Gasteiger partial charge in [0.05, 0.1) is 16.8 Å². The summed E-state index contributed by atoms with van der Waals surface area (Å²) >= 11 is 3.29. The predicted octanol–water partition coefficient (Wildman–Crippen LogP) is 3.95. The van der Waals surface area contributed by atoms with E-state index in [1.165, 1.54) is 23.0 Å². The zero-order chi connectivity index (χ0) is 18.2. The molecule has 0 spiro atoms. The molecule has 3 aromatic rings. The third kappa shape index (κ3) is 3.58. The third-order valence-corrected chi connectivity index (χ3v) is 3.92. The summed E-state index contributed by atoms with van der Waals surface area (Å²) in [6.07, 6.45) is -3.11. The molecular formula is C15H10BrF3N4O2. The van der Waals surface area contributed by atoms with E-state index in [1.807, 2.05) is 5.32 Å². The van der Waals surface area contributed by atoms with Crippen molar-refractivity contribution < 1.29 is 23.1 Å². The highest BCUT2D eigenvalue weighted by molar-refractivity contribution is 9.10. The first-order valence-electron chi connectivity index (χ1n) is 6.92. The van der Waals surface area contributed by atoms with Gasteiger partial charge in [-0.25, -0.2) is 14.3 Å². The van der Waals surface area contributed by atoms with Crippen molar-refractivity contribution in [1.29, 1.82) is 0 Å². The minimum Gasteiger partial charge on any atom is -0.465 e. The van der Waals surface area contributed by atoms with Crippen LogP contribution in [0.15, 0.2) is 41.3 Å². The molecule has 1 aromatic carbocycles. The number of benzene rings is 1. The number of nitrogens with zero attached hydrogens (tertiary/aromatic N) is 3. The molecule has 0 saturated carbocycles. The summed E-state index contributed by atoms with van der Waals surface area (Å²) in [7, 11) is 0. The fraction of sp³-hybridized carbons (Fsp3) is 0.133. The summed E-state index contributed by atoms with van der Waals surface area (Å²) in [6.45, 7) is -0.444. The van der Waals surface area contributed by atoms with Gasteiger partial charge in [-0.3, -0.25) is 0 Å². The number of rotatable bonds is 3. The second kappa shape index (κ2) is 6.36. The van der Waals surface area contributed by atoms with Gasteiger partial charge >= 0.3 is 12.3 Å². The van der Waals surface area contributed by atoms with Gasteiger partial charge in [0, 0.05) is 22.8 Å². The summed E-state index contributed by atoms with van der Waals surface area (Å²) in [5.74, 6) is 0. The maximum absolute atomic E-state index is 13.4. The second-order valence-electron chi connectivity index (χ2n) is 5.13. The van der Waals surface area contributed by atoms with Crippen molar-refractivity contribution in [3.63, 3.8) is 0 Å². The van der Waals surface area contributed by atoms with Gasteiger partial charge in [0.2, 0.25) is 0 Å². The molecule has 2 N–H and O–H groups in total. The molecule has 0 bridgehead atoms. The van der Waals surface area contributed by atoms with E-state index in [9.17, 15) is 18.0 Å². The van der Waals surface area contributed by atoms with Gasteiger partial charge in [-0.05, 0) is 33.6 Å². The lowest BCUT2D eigenvalue weighted by Crippen LogP contribution is -2.22. The van der Waals surface area contributed by atoms with Crippen LogP contribution >= 0.6 is 15.9 Å². The molecule has 25 heavy (non-hydrogen) atoms. The highest BCUT2D eigenvalue weighted by atomic mass is 79.9. The van der Waals surface area contributed by atoms with Crippen LogP contribution in [0.2, 0.25) is 0 Å². The first-order valence-corrected chi connectivity index (χ1v) is 7.71. The predicted molar refractivity (Wildman–Crippen MR) is 86.0 cm³/mol. The Morgan fingerprint density at radius 3 is 2.76 bits per heavy atom. The number of hydrogen-bond acceptors (Lipinski definition) is 3. The lowest BCUT2D eigenvalue weighted by Gasteiger charge is -2.14. The third-order valence-electron chi connectivity index (χ3n) is 3.49. The smallest absolute Gasteiger partial charge is 0.416 e. The van der Waals surface area contributed by atoms with Gasteiger partial charge in [-0.2, -0.15) is 18.3 Å². The van der Waals surface area contributed by atoms with Gasteiger partial charge in [-0.1, -0.05) is 12.1 Å². The van der Waals surface area contributed by atoms with E-state index in [1.54, 1.807) is 12.3 Å². The van der Waals surface area contributed by atoms with Gasteiger partial charge < -0.3 is 10.4 Å². The van der Waals surface area contributed by atoms with Gasteiger partial charge in [0.1, 0.15) is 6.33 Å². The Balaban J connectivity index is 2.12. The molecule has 0 fully saturated rings. The monoisotopic (exact) mass is 414 g/mol. The van der Waals surface area contributed by atoms with Crippen molar-refractivity contribution in [3.05, 3.63) is 52.4 Å². The van der Waals surface area contributed by atoms with E-state index in [0.717, 1.165) is 6.07 Å². The molecule has 0 saturated heterocycles. The van der Waals surface area contributed by atoms with Gasteiger partial charge in [0.15, 0.2) is 0 Å². The summed E-state index contributed by atoms with van der Waals surface area (Å²) in [6, 6.07) is 5.37. The van der Waals surface area contributed by atoms with Crippen molar-refractivity contribution in [1.82, 2.24) is 19.9 Å². The molecule has 10 heteroatoms. The minimum atomic E-state index is -4.63. The van der Waals surface area contributed by atoms with Crippen LogP contribution in [0.1, 0.15) is 11.1 Å². The molecule has 0 radical (unpaired) electrons. The molecule has 3 rings (SSSR count). The van der Waals surface area contributed by atoms with E-state index in [4.69, 9.17) is 5.11 Å². The Labute approximate surface area is 147 Å². The van der Waals surface area contributed by atoms with E-state index in [2.05, 4.69) is 26.0 Å². The van der Waals surface area contributed by atoms with E-state index in [-0.39, 0.29) is 11.1 Å². The molecule has 6 nitrogen and oxygen atoms in total. The summed E-state index contributed by atoms with van der Waals surface area (Å²) in [5.41, 5.74) is 0.0497. The largest absolute Gasteiger partial charge is 0.465 e. The van der Waals surface area contributed by atoms with Crippen molar-refractivity contribution in [3.8, 4) is 11.3 Å². The molecule has 0 atom stereocenters. The summed E-state index contributed by atoms with van der Waals surface area (Å²) in [4.78, 5) is 14.6. The lowest BCUT2D eigenvalue weighted by atomic mass is 10.0. The Morgan fingerprint density at radius 2 is 2.08 bits per heavy atom. The van der Waals surface area contributed by atoms with Crippen LogP contribution in [0.5, 0.6) is 0 Å². The maximum atomic E-state index is 13.4. The van der Waals surface area contributed by atoms with Crippen LogP contribution in [0.25, 0.3) is 16.8 Å². The second-order valence-corrected chi connectivity index (χ2v) is 6.04. The number of carboxylic acid groups (broad SMARTS) is 1. The van der Waals surface area contributed by atoms with Crippen LogP contribution in [-0.4, -0.2) is 25.8 Å². The topological polar surface area (TPSA) is 79.5 Å². The fourth-order valence-electron chi connectivity index (χ4n) is 2.43. The Hall–Kier alpha value is -2.62. The number of aromatic nitrogens is 3. The van der Waals surface area contributed by atoms with Crippen molar-refractivity contribution in [2.45, 2.75) is 12.7 Å². The van der Waals surface area contributed by atoms with E-state index < -0.39 is 24.4 Å². The highest BCUT2D eigenvalue weighted by Crippen LogP contribution is 2.35.